The third-order valence-electron chi connectivity index (χ3n) is 5.93. The maximum Gasteiger partial charge on any atom is 0.137 e. The summed E-state index contributed by atoms with van der Waals surface area (Å²) in [7, 11) is 1.64. The van der Waals surface area contributed by atoms with E-state index in [1.165, 1.54) is 6.42 Å². The molecule has 0 spiro atoms. The molecule has 2 saturated carbocycles. The van der Waals surface area contributed by atoms with Crippen molar-refractivity contribution in [2.75, 3.05) is 7.11 Å². The van der Waals surface area contributed by atoms with Gasteiger partial charge in [-0.25, -0.2) is 0 Å². The fourth-order valence-electron chi connectivity index (χ4n) is 4.71. The smallest absolute Gasteiger partial charge is 0.137 e. The van der Waals surface area contributed by atoms with Crippen LogP contribution < -0.4 is 4.74 Å². The van der Waals surface area contributed by atoms with Crippen molar-refractivity contribution in [1.29, 1.82) is 0 Å². The summed E-state index contributed by atoms with van der Waals surface area (Å²) < 4.78 is 5.27. The zero-order valence-electron chi connectivity index (χ0n) is 12.2. The number of aliphatic hydroxyl groups is 1. The standard InChI is InChI=1S/C16H23NO2/c1-14(2)11-5-6-15(3,8-11)16(14,18)12-7-13(19-4)10-17-9-12/h7,9-11,18H,5-6,8H2,1-4H3. The molecule has 104 valence electrons. The SMILES string of the molecule is COc1cncc(C2(O)C3(C)CCC(C3)C2(C)C)c1. The molecule has 3 heteroatoms. The molecule has 3 rings (SSSR count). The predicted molar refractivity (Wildman–Crippen MR) is 73.9 cm³/mol. The lowest BCUT2D eigenvalue weighted by Crippen LogP contribution is -2.51. The summed E-state index contributed by atoms with van der Waals surface area (Å²) in [5.41, 5.74) is -0.0742. The van der Waals surface area contributed by atoms with E-state index in [2.05, 4.69) is 25.8 Å². The largest absolute Gasteiger partial charge is 0.495 e. The summed E-state index contributed by atoms with van der Waals surface area (Å²) in [5, 5.41) is 11.6. The Balaban J connectivity index is 2.15. The van der Waals surface area contributed by atoms with Crippen LogP contribution in [0.4, 0.5) is 0 Å². The Bertz CT molecular complexity index is 506. The molecule has 3 nitrogen and oxygen atoms in total. The average molecular weight is 261 g/mol. The molecule has 2 fully saturated rings. The Morgan fingerprint density at radius 3 is 2.63 bits per heavy atom. The van der Waals surface area contributed by atoms with Crippen LogP contribution in [-0.2, 0) is 5.60 Å². The van der Waals surface area contributed by atoms with Gasteiger partial charge in [0.1, 0.15) is 11.4 Å². The minimum atomic E-state index is -0.815. The van der Waals surface area contributed by atoms with E-state index in [-0.39, 0.29) is 10.8 Å². The van der Waals surface area contributed by atoms with E-state index in [4.69, 9.17) is 4.74 Å². The van der Waals surface area contributed by atoms with Crippen LogP contribution in [0.3, 0.4) is 0 Å². The van der Waals surface area contributed by atoms with Crippen molar-refractivity contribution in [3.8, 4) is 5.75 Å². The van der Waals surface area contributed by atoms with E-state index in [0.717, 1.165) is 18.4 Å². The van der Waals surface area contributed by atoms with Crippen molar-refractivity contribution in [2.24, 2.45) is 16.7 Å². The van der Waals surface area contributed by atoms with Crippen molar-refractivity contribution in [2.45, 2.75) is 45.6 Å². The summed E-state index contributed by atoms with van der Waals surface area (Å²) in [5.74, 6) is 1.31. The molecule has 0 aromatic carbocycles. The molecule has 3 atom stereocenters. The lowest BCUT2D eigenvalue weighted by molar-refractivity contribution is -0.151. The first-order valence-corrected chi connectivity index (χ1v) is 7.07. The van der Waals surface area contributed by atoms with Crippen LogP contribution in [0.1, 0.15) is 45.6 Å². The predicted octanol–water partition coefficient (Wildman–Crippen LogP) is 3.12. The normalized spacial score (nSPS) is 39.5. The Kier molecular flexibility index (Phi) is 2.53. The van der Waals surface area contributed by atoms with Gasteiger partial charge in [0.2, 0.25) is 0 Å². The van der Waals surface area contributed by atoms with Gasteiger partial charge in [-0.05, 0) is 31.2 Å². The molecule has 1 heterocycles. The highest BCUT2D eigenvalue weighted by Gasteiger charge is 2.69. The van der Waals surface area contributed by atoms with E-state index in [1.807, 2.05) is 6.07 Å². The van der Waals surface area contributed by atoms with Crippen molar-refractivity contribution in [3.05, 3.63) is 24.0 Å². The van der Waals surface area contributed by atoms with Crippen molar-refractivity contribution in [3.63, 3.8) is 0 Å². The van der Waals surface area contributed by atoms with Crippen molar-refractivity contribution < 1.29 is 9.84 Å². The van der Waals surface area contributed by atoms with Gasteiger partial charge in [-0.1, -0.05) is 20.8 Å². The van der Waals surface area contributed by atoms with E-state index in [1.54, 1.807) is 19.5 Å². The first-order chi connectivity index (χ1) is 8.85. The van der Waals surface area contributed by atoms with Gasteiger partial charge in [-0.15, -0.1) is 0 Å². The first kappa shape index (κ1) is 12.9. The molecule has 1 aromatic rings. The maximum atomic E-state index is 11.6. The maximum absolute atomic E-state index is 11.6. The molecule has 2 aliphatic rings. The van der Waals surface area contributed by atoms with E-state index in [9.17, 15) is 5.11 Å². The highest BCUT2D eigenvalue weighted by molar-refractivity contribution is 5.35. The second kappa shape index (κ2) is 3.72. The number of nitrogens with zero attached hydrogens (tertiary/aromatic N) is 1. The molecule has 1 aromatic heterocycles. The Labute approximate surface area is 115 Å². The van der Waals surface area contributed by atoms with Crippen molar-refractivity contribution in [1.82, 2.24) is 4.98 Å². The van der Waals surface area contributed by atoms with Gasteiger partial charge in [0.05, 0.1) is 13.3 Å². The Hall–Kier alpha value is -1.09. The molecule has 0 aliphatic heterocycles. The summed E-state index contributed by atoms with van der Waals surface area (Å²) in [6.07, 6.45) is 6.91. The second-order valence-corrected chi connectivity index (χ2v) is 7.05. The Morgan fingerprint density at radius 2 is 2.05 bits per heavy atom. The topological polar surface area (TPSA) is 42.4 Å². The highest BCUT2D eigenvalue weighted by atomic mass is 16.5. The van der Waals surface area contributed by atoms with Crippen LogP contribution in [0.25, 0.3) is 0 Å². The van der Waals surface area contributed by atoms with Crippen LogP contribution in [0, 0.1) is 16.7 Å². The van der Waals surface area contributed by atoms with Crippen LogP contribution in [0.2, 0.25) is 0 Å². The fourth-order valence-corrected chi connectivity index (χ4v) is 4.71. The van der Waals surface area contributed by atoms with Crippen molar-refractivity contribution >= 4 is 0 Å². The zero-order chi connectivity index (χ0) is 13.9. The average Bonchev–Trinajstić information content (AvgIpc) is 2.87. The number of rotatable bonds is 2. The third-order valence-corrected chi connectivity index (χ3v) is 5.93. The van der Waals surface area contributed by atoms with Gasteiger partial charge in [0.25, 0.3) is 0 Å². The van der Waals surface area contributed by atoms with Gasteiger partial charge in [0.15, 0.2) is 0 Å². The zero-order valence-corrected chi connectivity index (χ0v) is 12.2. The summed E-state index contributed by atoms with van der Waals surface area (Å²) >= 11 is 0. The lowest BCUT2D eigenvalue weighted by atomic mass is 9.58. The second-order valence-electron chi connectivity index (χ2n) is 7.05. The van der Waals surface area contributed by atoms with E-state index >= 15 is 0 Å². The number of hydrogen-bond donors (Lipinski definition) is 1. The summed E-state index contributed by atoms with van der Waals surface area (Å²) in [6, 6.07) is 1.95. The van der Waals surface area contributed by atoms with Gasteiger partial charge in [-0.3, -0.25) is 4.98 Å². The molecule has 2 aliphatic carbocycles. The molecule has 0 radical (unpaired) electrons. The molecule has 3 unspecified atom stereocenters. The monoisotopic (exact) mass is 261 g/mol. The minimum Gasteiger partial charge on any atom is -0.495 e. The molecule has 0 saturated heterocycles. The molecule has 19 heavy (non-hydrogen) atoms. The minimum absolute atomic E-state index is 0.0464. The lowest BCUT2D eigenvalue weighted by Gasteiger charge is -2.50. The van der Waals surface area contributed by atoms with Gasteiger partial charge in [-0.2, -0.15) is 0 Å². The third kappa shape index (κ3) is 1.40. The molecular weight excluding hydrogens is 238 g/mol. The summed E-state index contributed by atoms with van der Waals surface area (Å²) in [4.78, 5) is 4.24. The number of pyridine rings is 1. The summed E-state index contributed by atoms with van der Waals surface area (Å²) in [6.45, 7) is 6.62. The van der Waals surface area contributed by atoms with Gasteiger partial charge < -0.3 is 9.84 Å². The number of ether oxygens (including phenoxy) is 1. The molecular formula is C16H23NO2. The van der Waals surface area contributed by atoms with Crippen LogP contribution >= 0.6 is 0 Å². The molecule has 0 amide bonds. The molecule has 2 bridgehead atoms. The number of hydrogen-bond acceptors (Lipinski definition) is 3. The molecule has 1 N–H and O–H groups in total. The van der Waals surface area contributed by atoms with Gasteiger partial charge >= 0.3 is 0 Å². The number of fused-ring (bicyclic) bond motifs is 2. The Morgan fingerprint density at radius 1 is 1.32 bits per heavy atom. The quantitative estimate of drug-likeness (QED) is 0.889. The van der Waals surface area contributed by atoms with Crippen LogP contribution in [0.15, 0.2) is 18.5 Å². The fraction of sp³-hybridized carbons (Fsp3) is 0.688. The highest BCUT2D eigenvalue weighted by Crippen LogP contribution is 2.71. The van der Waals surface area contributed by atoms with Gasteiger partial charge in [0, 0.05) is 22.6 Å². The first-order valence-electron chi connectivity index (χ1n) is 7.07. The van der Waals surface area contributed by atoms with E-state index in [0.29, 0.717) is 11.7 Å². The van der Waals surface area contributed by atoms with E-state index < -0.39 is 5.60 Å². The number of aromatic nitrogens is 1. The van der Waals surface area contributed by atoms with Crippen LogP contribution in [0.5, 0.6) is 5.75 Å². The van der Waals surface area contributed by atoms with Crippen LogP contribution in [-0.4, -0.2) is 17.2 Å². The number of methoxy groups -OCH3 is 1.